The summed E-state index contributed by atoms with van der Waals surface area (Å²) in [6.07, 6.45) is 1.49. The van der Waals surface area contributed by atoms with Crippen LogP contribution in [-0.2, 0) is 0 Å². The Morgan fingerprint density at radius 3 is 2.40 bits per heavy atom. The number of anilines is 4. The molecule has 1 saturated heterocycles. The number of hydrogen-bond acceptors (Lipinski definition) is 7. The minimum atomic E-state index is 0.173. The van der Waals surface area contributed by atoms with Crippen LogP contribution in [0.5, 0.6) is 0 Å². The quantitative estimate of drug-likeness (QED) is 0.729. The van der Waals surface area contributed by atoms with E-state index in [0.29, 0.717) is 39.6 Å². The predicted molar refractivity (Wildman–Crippen MR) is 102 cm³/mol. The number of aliphatic hydroxyl groups is 1. The van der Waals surface area contributed by atoms with Gasteiger partial charge in [0.05, 0.1) is 6.61 Å². The number of rotatable bonds is 5. The largest absolute Gasteiger partial charge is 0.395 e. The smallest absolute Gasteiger partial charge is 0.159 e. The van der Waals surface area contributed by atoms with Crippen molar-refractivity contribution in [3.05, 3.63) is 34.6 Å². The van der Waals surface area contributed by atoms with Gasteiger partial charge in [-0.3, -0.25) is 4.90 Å². The van der Waals surface area contributed by atoms with Crippen molar-refractivity contribution in [3.8, 4) is 0 Å². The molecule has 1 aliphatic heterocycles. The number of benzene rings is 1. The fourth-order valence-electron chi connectivity index (χ4n) is 2.83. The van der Waals surface area contributed by atoms with Crippen LogP contribution in [0.25, 0.3) is 0 Å². The molecule has 2 heterocycles. The Bertz CT molecular complexity index is 716. The molecule has 3 rings (SSSR count). The Hall–Kier alpha value is -1.80. The zero-order valence-corrected chi connectivity index (χ0v) is 15.1. The van der Waals surface area contributed by atoms with E-state index < -0.39 is 0 Å². The van der Waals surface area contributed by atoms with Gasteiger partial charge in [0.15, 0.2) is 11.6 Å². The highest BCUT2D eigenvalue weighted by Gasteiger charge is 2.21. The highest BCUT2D eigenvalue weighted by molar-refractivity contribution is 6.35. The standard InChI is InChI=1S/C16H20Cl2N6O/c17-11-7-12(18)9-13(8-11)22-15-14(19)16(21-10-20-15)24-3-1-23(2-4-24)5-6-25/h7-10,25H,1-6,19H2,(H,20,21,22). The van der Waals surface area contributed by atoms with Crippen LogP contribution in [0.4, 0.5) is 23.0 Å². The normalized spacial score (nSPS) is 15.4. The lowest BCUT2D eigenvalue weighted by atomic mass is 10.2. The minimum absolute atomic E-state index is 0.173. The third-order valence-corrected chi connectivity index (χ3v) is 4.51. The molecule has 0 saturated carbocycles. The van der Waals surface area contributed by atoms with Crippen LogP contribution in [0.1, 0.15) is 0 Å². The number of nitrogen functional groups attached to an aromatic ring is 1. The number of nitrogens with zero attached hydrogens (tertiary/aromatic N) is 4. The van der Waals surface area contributed by atoms with Gasteiger partial charge in [-0.1, -0.05) is 23.2 Å². The van der Waals surface area contributed by atoms with Gasteiger partial charge in [-0.05, 0) is 18.2 Å². The third kappa shape index (κ3) is 4.43. The van der Waals surface area contributed by atoms with Gasteiger partial charge in [0, 0.05) is 48.5 Å². The van der Waals surface area contributed by atoms with Crippen molar-refractivity contribution in [2.45, 2.75) is 0 Å². The van der Waals surface area contributed by atoms with Crippen molar-refractivity contribution in [1.82, 2.24) is 14.9 Å². The monoisotopic (exact) mass is 382 g/mol. The maximum atomic E-state index is 9.04. The molecule has 1 aromatic carbocycles. The van der Waals surface area contributed by atoms with Gasteiger partial charge in [-0.2, -0.15) is 0 Å². The summed E-state index contributed by atoms with van der Waals surface area (Å²) in [5.74, 6) is 1.22. The minimum Gasteiger partial charge on any atom is -0.395 e. The Morgan fingerprint density at radius 2 is 1.76 bits per heavy atom. The van der Waals surface area contributed by atoms with Crippen LogP contribution in [0, 0.1) is 0 Å². The second-order valence-corrected chi connectivity index (χ2v) is 6.67. The summed E-state index contributed by atoms with van der Waals surface area (Å²) in [6, 6.07) is 5.17. The molecule has 1 aliphatic rings. The van der Waals surface area contributed by atoms with Gasteiger partial charge in [-0.15, -0.1) is 0 Å². The molecule has 4 N–H and O–H groups in total. The van der Waals surface area contributed by atoms with E-state index in [9.17, 15) is 0 Å². The highest BCUT2D eigenvalue weighted by Crippen LogP contribution is 2.31. The second-order valence-electron chi connectivity index (χ2n) is 5.79. The molecular weight excluding hydrogens is 363 g/mol. The van der Waals surface area contributed by atoms with Gasteiger partial charge in [0.1, 0.15) is 12.0 Å². The first kappa shape index (κ1) is 18.0. The summed E-state index contributed by atoms with van der Waals surface area (Å²) in [5, 5.41) is 13.2. The summed E-state index contributed by atoms with van der Waals surface area (Å²) in [4.78, 5) is 12.9. The SMILES string of the molecule is Nc1c(Nc2cc(Cl)cc(Cl)c2)ncnc1N1CCN(CCO)CC1. The van der Waals surface area contributed by atoms with Crippen molar-refractivity contribution in [2.75, 3.05) is 55.3 Å². The number of piperazine rings is 1. The van der Waals surface area contributed by atoms with E-state index in [4.69, 9.17) is 34.0 Å². The van der Waals surface area contributed by atoms with E-state index in [0.717, 1.165) is 26.2 Å². The fourth-order valence-corrected chi connectivity index (χ4v) is 3.35. The van der Waals surface area contributed by atoms with E-state index in [1.165, 1.54) is 6.33 Å². The molecule has 0 amide bonds. The molecule has 0 aliphatic carbocycles. The Balaban J connectivity index is 1.76. The molecule has 0 spiro atoms. The van der Waals surface area contributed by atoms with Gasteiger partial charge in [0.25, 0.3) is 0 Å². The summed E-state index contributed by atoms with van der Waals surface area (Å²) < 4.78 is 0. The number of aromatic nitrogens is 2. The number of nitrogens with two attached hydrogens (primary N) is 1. The van der Waals surface area contributed by atoms with Gasteiger partial charge in [0.2, 0.25) is 0 Å². The van der Waals surface area contributed by atoms with Gasteiger partial charge in [-0.25, -0.2) is 9.97 Å². The van der Waals surface area contributed by atoms with E-state index in [1.54, 1.807) is 18.2 Å². The topological polar surface area (TPSA) is 90.5 Å². The van der Waals surface area contributed by atoms with Crippen LogP contribution in [0.15, 0.2) is 24.5 Å². The average molecular weight is 383 g/mol. The molecular formula is C16H20Cl2N6O. The zero-order chi connectivity index (χ0) is 17.8. The molecule has 0 radical (unpaired) electrons. The third-order valence-electron chi connectivity index (χ3n) is 4.08. The lowest BCUT2D eigenvalue weighted by Gasteiger charge is -2.35. The van der Waals surface area contributed by atoms with Gasteiger partial charge < -0.3 is 21.1 Å². The van der Waals surface area contributed by atoms with Crippen molar-refractivity contribution in [2.24, 2.45) is 0 Å². The number of halogens is 2. The molecule has 25 heavy (non-hydrogen) atoms. The number of nitrogens with one attached hydrogen (secondary N) is 1. The first-order chi connectivity index (χ1) is 12.1. The average Bonchev–Trinajstić information content (AvgIpc) is 2.57. The Morgan fingerprint density at radius 1 is 1.08 bits per heavy atom. The lowest BCUT2D eigenvalue weighted by molar-refractivity contribution is 0.188. The van der Waals surface area contributed by atoms with E-state index in [2.05, 4.69) is 25.1 Å². The van der Waals surface area contributed by atoms with E-state index >= 15 is 0 Å². The molecule has 0 bridgehead atoms. The Labute approximate surface area is 156 Å². The summed E-state index contributed by atoms with van der Waals surface area (Å²) in [5.41, 5.74) is 7.47. The number of aliphatic hydroxyl groups excluding tert-OH is 1. The summed E-state index contributed by atoms with van der Waals surface area (Å²) in [6.45, 7) is 4.17. The molecule has 134 valence electrons. The molecule has 2 aromatic rings. The lowest BCUT2D eigenvalue weighted by Crippen LogP contribution is -2.47. The van der Waals surface area contributed by atoms with Crippen molar-refractivity contribution >= 4 is 46.2 Å². The number of hydrogen-bond donors (Lipinski definition) is 3. The zero-order valence-electron chi connectivity index (χ0n) is 13.6. The molecule has 0 atom stereocenters. The first-order valence-electron chi connectivity index (χ1n) is 7.98. The number of β-amino-alcohol motifs (C(OH)–C–C–N with tert-alkyl or cyclic N) is 1. The summed E-state index contributed by atoms with van der Waals surface area (Å²) in [7, 11) is 0. The Kier molecular flexibility index (Phi) is 5.80. The van der Waals surface area contributed by atoms with Crippen LogP contribution in [0.2, 0.25) is 10.0 Å². The predicted octanol–water partition coefficient (Wildman–Crippen LogP) is 2.22. The van der Waals surface area contributed by atoms with Crippen molar-refractivity contribution in [3.63, 3.8) is 0 Å². The second kappa shape index (κ2) is 8.05. The summed E-state index contributed by atoms with van der Waals surface area (Å²) >= 11 is 12.1. The van der Waals surface area contributed by atoms with Crippen LogP contribution >= 0.6 is 23.2 Å². The molecule has 1 fully saturated rings. The maximum absolute atomic E-state index is 9.04. The van der Waals surface area contributed by atoms with E-state index in [-0.39, 0.29) is 6.61 Å². The van der Waals surface area contributed by atoms with Crippen molar-refractivity contribution in [1.29, 1.82) is 0 Å². The van der Waals surface area contributed by atoms with E-state index in [1.807, 2.05) is 0 Å². The van der Waals surface area contributed by atoms with Crippen LogP contribution < -0.4 is 16.0 Å². The first-order valence-corrected chi connectivity index (χ1v) is 8.74. The molecule has 0 unspecified atom stereocenters. The molecule has 1 aromatic heterocycles. The van der Waals surface area contributed by atoms with Crippen LogP contribution in [0.3, 0.4) is 0 Å². The maximum Gasteiger partial charge on any atom is 0.159 e. The van der Waals surface area contributed by atoms with Crippen molar-refractivity contribution < 1.29 is 5.11 Å². The highest BCUT2D eigenvalue weighted by atomic mass is 35.5. The van der Waals surface area contributed by atoms with Crippen LogP contribution in [-0.4, -0.2) is 59.3 Å². The molecule has 9 heteroatoms. The molecule has 7 nitrogen and oxygen atoms in total. The van der Waals surface area contributed by atoms with Gasteiger partial charge >= 0.3 is 0 Å². The fraction of sp³-hybridized carbons (Fsp3) is 0.375.